The average molecular weight is 471 g/mol. The summed E-state index contributed by atoms with van der Waals surface area (Å²) in [4.78, 5) is 39.9. The van der Waals surface area contributed by atoms with Crippen molar-refractivity contribution in [1.29, 1.82) is 0 Å². The summed E-state index contributed by atoms with van der Waals surface area (Å²) in [7, 11) is 3.90. The van der Waals surface area contributed by atoms with Crippen molar-refractivity contribution in [3.05, 3.63) is 84.2 Å². The maximum Gasteiger partial charge on any atom is 0.333 e. The number of carbonyl (C=O) groups is 2. The summed E-state index contributed by atoms with van der Waals surface area (Å²) < 4.78 is 7.07. The van der Waals surface area contributed by atoms with Crippen LogP contribution in [0.3, 0.4) is 0 Å². The first-order valence-electron chi connectivity index (χ1n) is 9.94. The van der Waals surface area contributed by atoms with Gasteiger partial charge in [0.25, 0.3) is 5.56 Å². The second-order valence-electron chi connectivity index (χ2n) is 7.15. The number of ketones is 1. The van der Waals surface area contributed by atoms with Crippen molar-refractivity contribution in [3.8, 4) is 0 Å². The first kappa shape index (κ1) is 23.5. The van der Waals surface area contributed by atoms with Crippen molar-refractivity contribution in [1.82, 2.24) is 4.57 Å². The maximum atomic E-state index is 13.1. The Labute approximate surface area is 194 Å². The Morgan fingerprint density at radius 3 is 2.34 bits per heavy atom. The molecule has 0 saturated heterocycles. The minimum Gasteiger partial charge on any atom is -0.463 e. The van der Waals surface area contributed by atoms with Gasteiger partial charge in [0.05, 0.1) is 23.8 Å². The average Bonchev–Trinajstić information content (AvgIpc) is 3.03. The van der Waals surface area contributed by atoms with Crippen molar-refractivity contribution in [2.24, 2.45) is 0 Å². The van der Waals surface area contributed by atoms with E-state index >= 15 is 0 Å². The lowest BCUT2D eigenvalue weighted by molar-refractivity contribution is -0.135. The Morgan fingerprint density at radius 2 is 1.75 bits per heavy atom. The van der Waals surface area contributed by atoms with Crippen molar-refractivity contribution in [2.75, 3.05) is 25.6 Å². The molecule has 6 nitrogen and oxygen atoms in total. The van der Waals surface area contributed by atoms with Gasteiger partial charge in [0.2, 0.25) is 0 Å². The highest BCUT2D eigenvalue weighted by atomic mass is 35.5. The van der Waals surface area contributed by atoms with Crippen LogP contribution >= 0.6 is 22.9 Å². The first-order valence-corrected chi connectivity index (χ1v) is 11.1. The topological polar surface area (TPSA) is 68.6 Å². The number of carbonyl (C=O) groups excluding carboxylic acids is 2. The number of halogens is 1. The van der Waals surface area contributed by atoms with Gasteiger partial charge in [0, 0.05) is 30.4 Å². The molecule has 1 aromatic heterocycles. The number of benzene rings is 2. The van der Waals surface area contributed by atoms with E-state index in [9.17, 15) is 14.4 Å². The van der Waals surface area contributed by atoms with E-state index in [1.54, 1.807) is 37.3 Å². The minimum atomic E-state index is -0.566. The van der Waals surface area contributed by atoms with Crippen LogP contribution in [0.2, 0.25) is 5.02 Å². The monoisotopic (exact) mass is 470 g/mol. The molecule has 0 aliphatic carbocycles. The van der Waals surface area contributed by atoms with E-state index in [2.05, 4.69) is 0 Å². The standard InChI is InChI=1S/C24H23ClN2O4S/c1-4-31-23(29)14-22-27(15-20(28)17-7-9-18(25)10-8-17)24(30)21(32-22)13-16-5-11-19(12-6-16)26(2)3/h5-14H,4,15H2,1-3H3/b21-13+,22-14-. The van der Waals surface area contributed by atoms with Crippen LogP contribution in [-0.4, -0.2) is 37.0 Å². The predicted molar refractivity (Wildman–Crippen MR) is 129 cm³/mol. The summed E-state index contributed by atoms with van der Waals surface area (Å²) in [5, 5.41) is 0.516. The zero-order chi connectivity index (χ0) is 23.3. The van der Waals surface area contributed by atoms with Crippen LogP contribution in [0.25, 0.3) is 12.2 Å². The number of esters is 1. The molecule has 166 valence electrons. The fraction of sp³-hybridized carbons (Fsp3) is 0.208. The lowest BCUT2D eigenvalue weighted by Crippen LogP contribution is -2.34. The molecule has 3 aromatic rings. The lowest BCUT2D eigenvalue weighted by Gasteiger charge is -2.11. The van der Waals surface area contributed by atoms with Gasteiger partial charge in [0.15, 0.2) is 5.78 Å². The third-order valence-corrected chi connectivity index (χ3v) is 5.95. The Hall–Kier alpha value is -3.16. The number of ether oxygens (including phenoxy) is 1. The number of rotatable bonds is 7. The van der Waals surface area contributed by atoms with Crippen LogP contribution in [0.4, 0.5) is 5.69 Å². The van der Waals surface area contributed by atoms with E-state index in [0.29, 0.717) is 19.8 Å². The smallest absolute Gasteiger partial charge is 0.333 e. The van der Waals surface area contributed by atoms with Crippen LogP contribution < -0.4 is 19.7 Å². The summed E-state index contributed by atoms with van der Waals surface area (Å²) in [6, 6.07) is 14.2. The minimum absolute atomic E-state index is 0.199. The highest BCUT2D eigenvalue weighted by Gasteiger charge is 2.13. The van der Waals surface area contributed by atoms with E-state index in [-0.39, 0.29) is 24.5 Å². The van der Waals surface area contributed by atoms with Gasteiger partial charge in [0.1, 0.15) is 4.66 Å². The quantitative estimate of drug-likeness (QED) is 0.392. The van der Waals surface area contributed by atoms with Crippen LogP contribution in [0.5, 0.6) is 0 Å². The Morgan fingerprint density at radius 1 is 1.09 bits per heavy atom. The van der Waals surface area contributed by atoms with Gasteiger partial charge in [-0.05, 0) is 55.0 Å². The van der Waals surface area contributed by atoms with Gasteiger partial charge in [-0.1, -0.05) is 23.7 Å². The van der Waals surface area contributed by atoms with Crippen LogP contribution in [0, 0.1) is 0 Å². The van der Waals surface area contributed by atoms with Crippen molar-refractivity contribution < 1.29 is 14.3 Å². The van der Waals surface area contributed by atoms with Crippen LogP contribution in [0.15, 0.2) is 53.3 Å². The second kappa shape index (κ2) is 10.4. The molecule has 0 saturated carbocycles. The summed E-state index contributed by atoms with van der Waals surface area (Å²) in [5.74, 6) is -0.828. The second-order valence-corrected chi connectivity index (χ2v) is 8.65. The third-order valence-electron chi connectivity index (χ3n) is 4.64. The predicted octanol–water partition coefficient (Wildman–Crippen LogP) is 2.68. The number of aromatic nitrogens is 1. The molecule has 8 heteroatoms. The fourth-order valence-electron chi connectivity index (χ4n) is 2.97. The van der Waals surface area contributed by atoms with E-state index in [0.717, 1.165) is 22.6 Å². The molecule has 0 unspecified atom stereocenters. The largest absolute Gasteiger partial charge is 0.463 e. The normalized spacial score (nSPS) is 12.1. The number of hydrogen-bond acceptors (Lipinski definition) is 6. The maximum absolute atomic E-state index is 13.1. The summed E-state index contributed by atoms with van der Waals surface area (Å²) in [6.07, 6.45) is 3.00. The number of hydrogen-bond donors (Lipinski definition) is 0. The molecule has 3 rings (SSSR count). The Balaban J connectivity index is 2.05. The van der Waals surface area contributed by atoms with Crippen LogP contribution in [-0.2, 0) is 16.1 Å². The number of Topliss-reactive ketones (excluding diaryl/α,β-unsaturated/α-hetero) is 1. The SMILES string of the molecule is CCOC(=O)/C=c1\s/c(=C/c2ccc(N(C)C)cc2)c(=O)n1CC(=O)c1ccc(Cl)cc1. The molecule has 0 bridgehead atoms. The van der Waals surface area contributed by atoms with Gasteiger partial charge >= 0.3 is 5.97 Å². The van der Waals surface area contributed by atoms with Gasteiger partial charge in [-0.15, -0.1) is 11.3 Å². The Kier molecular flexibility index (Phi) is 7.66. The third kappa shape index (κ3) is 5.75. The van der Waals surface area contributed by atoms with Crippen molar-refractivity contribution in [2.45, 2.75) is 13.5 Å². The fourth-order valence-corrected chi connectivity index (χ4v) is 4.12. The van der Waals surface area contributed by atoms with Crippen molar-refractivity contribution in [3.63, 3.8) is 0 Å². The highest BCUT2D eigenvalue weighted by Crippen LogP contribution is 2.12. The zero-order valence-corrected chi connectivity index (χ0v) is 19.6. The number of nitrogens with zero attached hydrogens (tertiary/aromatic N) is 2. The summed E-state index contributed by atoms with van der Waals surface area (Å²) in [6.45, 7) is 1.72. The van der Waals surface area contributed by atoms with E-state index < -0.39 is 5.97 Å². The lowest BCUT2D eigenvalue weighted by atomic mass is 10.1. The molecule has 0 atom stereocenters. The van der Waals surface area contributed by atoms with Gasteiger partial charge in [-0.3, -0.25) is 14.2 Å². The summed E-state index contributed by atoms with van der Waals surface area (Å²) >= 11 is 7.03. The highest BCUT2D eigenvalue weighted by molar-refractivity contribution is 7.07. The summed E-state index contributed by atoms with van der Waals surface area (Å²) in [5.41, 5.74) is 1.97. The van der Waals surface area contributed by atoms with Gasteiger partial charge in [-0.25, -0.2) is 4.79 Å². The molecule has 0 N–H and O–H groups in total. The molecule has 32 heavy (non-hydrogen) atoms. The molecule has 0 amide bonds. The van der Waals surface area contributed by atoms with E-state index in [1.165, 1.54) is 10.6 Å². The first-order chi connectivity index (χ1) is 15.3. The Bertz CT molecular complexity index is 1290. The van der Waals surface area contributed by atoms with E-state index in [4.69, 9.17) is 16.3 Å². The molecule has 0 aliphatic heterocycles. The van der Waals surface area contributed by atoms with Gasteiger partial charge in [-0.2, -0.15) is 0 Å². The molecular weight excluding hydrogens is 448 g/mol. The van der Waals surface area contributed by atoms with Crippen LogP contribution in [0.1, 0.15) is 22.8 Å². The molecular formula is C24H23ClN2O4S. The zero-order valence-electron chi connectivity index (χ0n) is 18.0. The molecule has 0 fully saturated rings. The van der Waals surface area contributed by atoms with Crippen molar-refractivity contribution >= 4 is 52.5 Å². The number of anilines is 1. The molecule has 0 spiro atoms. The molecule has 2 aromatic carbocycles. The molecule has 1 heterocycles. The van der Waals surface area contributed by atoms with Gasteiger partial charge < -0.3 is 9.64 Å². The van der Waals surface area contributed by atoms with E-state index in [1.807, 2.05) is 43.3 Å². The molecule has 0 radical (unpaired) electrons. The number of thiazole rings is 1. The molecule has 0 aliphatic rings.